The van der Waals surface area contributed by atoms with E-state index >= 15 is 0 Å². The third-order valence-electron chi connectivity index (χ3n) is 4.81. The van der Waals surface area contributed by atoms with Gasteiger partial charge in [-0.3, -0.25) is 4.79 Å². The molecule has 2 unspecified atom stereocenters. The highest BCUT2D eigenvalue weighted by molar-refractivity contribution is 5.84. The summed E-state index contributed by atoms with van der Waals surface area (Å²) in [5.74, 6) is 0.578. The van der Waals surface area contributed by atoms with E-state index < -0.39 is 0 Å². The number of nitrogens with zero attached hydrogens (tertiary/aromatic N) is 1. The second-order valence-corrected chi connectivity index (χ2v) is 6.18. The number of benzene rings is 1. The lowest BCUT2D eigenvalue weighted by Gasteiger charge is -2.40. The molecular formula is C18H28N2O. The highest BCUT2D eigenvalue weighted by atomic mass is 16.2. The van der Waals surface area contributed by atoms with E-state index in [0.717, 1.165) is 24.8 Å². The van der Waals surface area contributed by atoms with Gasteiger partial charge in [-0.1, -0.05) is 50.6 Å². The molecule has 0 heterocycles. The van der Waals surface area contributed by atoms with Crippen LogP contribution in [0.25, 0.3) is 0 Å². The Morgan fingerprint density at radius 1 is 1.33 bits per heavy atom. The summed E-state index contributed by atoms with van der Waals surface area (Å²) in [6.45, 7) is 5.56. The van der Waals surface area contributed by atoms with Gasteiger partial charge in [0.1, 0.15) is 0 Å². The Bertz CT molecular complexity index is 442. The van der Waals surface area contributed by atoms with E-state index in [0.29, 0.717) is 25.0 Å². The van der Waals surface area contributed by atoms with Crippen LogP contribution in [0.4, 0.5) is 0 Å². The summed E-state index contributed by atoms with van der Waals surface area (Å²) >= 11 is 0. The van der Waals surface area contributed by atoms with E-state index in [1.54, 1.807) is 0 Å². The first-order valence-electron chi connectivity index (χ1n) is 8.24. The van der Waals surface area contributed by atoms with E-state index in [4.69, 9.17) is 5.73 Å². The fourth-order valence-corrected chi connectivity index (χ4v) is 3.10. The van der Waals surface area contributed by atoms with Gasteiger partial charge in [-0.05, 0) is 30.7 Å². The molecule has 0 aliphatic heterocycles. The van der Waals surface area contributed by atoms with Crippen molar-refractivity contribution in [1.82, 2.24) is 4.90 Å². The van der Waals surface area contributed by atoms with Gasteiger partial charge in [-0.15, -0.1) is 0 Å². The minimum atomic E-state index is -0.0386. The molecule has 1 amide bonds. The molecule has 21 heavy (non-hydrogen) atoms. The Hall–Kier alpha value is -1.35. The zero-order valence-electron chi connectivity index (χ0n) is 13.3. The monoisotopic (exact) mass is 288 g/mol. The summed E-state index contributed by atoms with van der Waals surface area (Å²) < 4.78 is 0. The number of carbonyl (C=O) groups excluding carboxylic acids is 1. The molecule has 3 heteroatoms. The lowest BCUT2D eigenvalue weighted by molar-refractivity contribution is -0.138. The molecule has 2 atom stereocenters. The molecule has 3 nitrogen and oxygen atoms in total. The Balaban J connectivity index is 2.24. The molecule has 1 aromatic carbocycles. The Kier molecular flexibility index (Phi) is 5.80. The van der Waals surface area contributed by atoms with Crippen molar-refractivity contribution >= 4 is 5.91 Å². The van der Waals surface area contributed by atoms with Crippen molar-refractivity contribution in [2.24, 2.45) is 11.7 Å². The van der Waals surface area contributed by atoms with E-state index in [9.17, 15) is 4.79 Å². The van der Waals surface area contributed by atoms with Crippen LogP contribution in [-0.2, 0) is 4.79 Å². The van der Waals surface area contributed by atoms with Gasteiger partial charge in [-0.25, -0.2) is 0 Å². The summed E-state index contributed by atoms with van der Waals surface area (Å²) in [5, 5.41) is 0. The Labute approximate surface area is 128 Å². The van der Waals surface area contributed by atoms with Crippen LogP contribution in [0.3, 0.4) is 0 Å². The largest absolute Gasteiger partial charge is 0.338 e. The van der Waals surface area contributed by atoms with Crippen LogP contribution >= 0.6 is 0 Å². The van der Waals surface area contributed by atoms with Gasteiger partial charge in [0.15, 0.2) is 0 Å². The molecule has 0 bridgehead atoms. The number of nitrogens with two attached hydrogens (primary N) is 1. The second kappa shape index (κ2) is 7.60. The molecule has 1 saturated carbocycles. The van der Waals surface area contributed by atoms with Gasteiger partial charge in [0, 0.05) is 19.1 Å². The molecule has 1 aliphatic rings. The maximum Gasteiger partial charge on any atom is 0.230 e. The molecule has 0 radical (unpaired) electrons. The van der Waals surface area contributed by atoms with Gasteiger partial charge in [0.2, 0.25) is 5.91 Å². The minimum Gasteiger partial charge on any atom is -0.338 e. The highest BCUT2D eigenvalue weighted by Crippen LogP contribution is 2.33. The van der Waals surface area contributed by atoms with Crippen LogP contribution < -0.4 is 5.73 Å². The molecule has 1 aromatic rings. The maximum atomic E-state index is 13.1. The zero-order valence-corrected chi connectivity index (χ0v) is 13.3. The van der Waals surface area contributed by atoms with Crippen molar-refractivity contribution < 1.29 is 4.79 Å². The summed E-state index contributed by atoms with van der Waals surface area (Å²) in [5.41, 5.74) is 6.87. The van der Waals surface area contributed by atoms with Gasteiger partial charge in [0.25, 0.3) is 0 Å². The normalized spacial score (nSPS) is 17.9. The summed E-state index contributed by atoms with van der Waals surface area (Å²) in [6, 6.07) is 10.6. The van der Waals surface area contributed by atoms with Gasteiger partial charge in [-0.2, -0.15) is 0 Å². The Morgan fingerprint density at radius 2 is 2.00 bits per heavy atom. The first kappa shape index (κ1) is 16.0. The van der Waals surface area contributed by atoms with Crippen molar-refractivity contribution in [2.75, 3.05) is 13.1 Å². The zero-order chi connectivity index (χ0) is 15.2. The predicted molar refractivity (Wildman–Crippen MR) is 87.0 cm³/mol. The van der Waals surface area contributed by atoms with Crippen molar-refractivity contribution in [1.29, 1.82) is 0 Å². The number of carbonyl (C=O) groups is 1. The molecule has 0 aromatic heterocycles. The smallest absolute Gasteiger partial charge is 0.230 e. The first-order chi connectivity index (χ1) is 10.2. The molecule has 1 aliphatic carbocycles. The van der Waals surface area contributed by atoms with Gasteiger partial charge in [0.05, 0.1) is 5.92 Å². The number of amides is 1. The predicted octanol–water partition coefficient (Wildman–Crippen LogP) is 3.16. The number of hydrogen-bond donors (Lipinski definition) is 1. The van der Waals surface area contributed by atoms with E-state index in [-0.39, 0.29) is 11.8 Å². The SMILES string of the molecule is CCC(C)C(C(=O)N(CCN)C1CCC1)c1ccccc1. The average Bonchev–Trinajstić information content (AvgIpc) is 2.46. The lowest BCUT2D eigenvalue weighted by Crippen LogP contribution is -2.49. The van der Waals surface area contributed by atoms with Crippen molar-refractivity contribution in [3.05, 3.63) is 35.9 Å². The van der Waals surface area contributed by atoms with E-state index in [2.05, 4.69) is 26.0 Å². The van der Waals surface area contributed by atoms with Crippen LogP contribution in [0.15, 0.2) is 30.3 Å². The highest BCUT2D eigenvalue weighted by Gasteiger charge is 2.35. The van der Waals surface area contributed by atoms with Crippen molar-refractivity contribution in [3.8, 4) is 0 Å². The van der Waals surface area contributed by atoms with Crippen LogP contribution in [-0.4, -0.2) is 29.9 Å². The van der Waals surface area contributed by atoms with E-state index in [1.165, 1.54) is 6.42 Å². The fourth-order valence-electron chi connectivity index (χ4n) is 3.10. The number of hydrogen-bond acceptors (Lipinski definition) is 2. The quantitative estimate of drug-likeness (QED) is 0.837. The summed E-state index contributed by atoms with van der Waals surface area (Å²) in [6.07, 6.45) is 4.51. The van der Waals surface area contributed by atoms with E-state index in [1.807, 2.05) is 23.1 Å². The summed E-state index contributed by atoms with van der Waals surface area (Å²) in [7, 11) is 0. The molecule has 0 spiro atoms. The Morgan fingerprint density at radius 3 is 2.48 bits per heavy atom. The van der Waals surface area contributed by atoms with Gasteiger partial charge >= 0.3 is 0 Å². The maximum absolute atomic E-state index is 13.1. The third-order valence-corrected chi connectivity index (χ3v) is 4.81. The minimum absolute atomic E-state index is 0.0386. The topological polar surface area (TPSA) is 46.3 Å². The fraction of sp³-hybridized carbons (Fsp3) is 0.611. The first-order valence-corrected chi connectivity index (χ1v) is 8.24. The molecule has 2 N–H and O–H groups in total. The average molecular weight is 288 g/mol. The lowest BCUT2D eigenvalue weighted by atomic mass is 9.82. The van der Waals surface area contributed by atoms with Crippen molar-refractivity contribution in [2.45, 2.75) is 51.5 Å². The standard InChI is InChI=1S/C18H28N2O/c1-3-14(2)17(15-8-5-4-6-9-15)18(21)20(13-12-19)16-10-7-11-16/h4-6,8-9,14,16-17H,3,7,10-13,19H2,1-2H3. The third kappa shape index (κ3) is 3.65. The van der Waals surface area contributed by atoms with Crippen LogP contribution in [0.2, 0.25) is 0 Å². The van der Waals surface area contributed by atoms with Crippen LogP contribution in [0, 0.1) is 5.92 Å². The van der Waals surface area contributed by atoms with Crippen LogP contribution in [0.5, 0.6) is 0 Å². The molecular weight excluding hydrogens is 260 g/mol. The molecule has 0 saturated heterocycles. The van der Waals surface area contributed by atoms with Crippen LogP contribution in [0.1, 0.15) is 51.0 Å². The molecule has 1 fully saturated rings. The second-order valence-electron chi connectivity index (χ2n) is 6.18. The number of rotatable bonds is 7. The van der Waals surface area contributed by atoms with Crippen molar-refractivity contribution in [3.63, 3.8) is 0 Å². The van der Waals surface area contributed by atoms with Gasteiger partial charge < -0.3 is 10.6 Å². The molecule has 116 valence electrons. The summed E-state index contributed by atoms with van der Waals surface area (Å²) in [4.78, 5) is 15.2. The molecule has 2 rings (SSSR count).